The van der Waals surface area contributed by atoms with Crippen molar-refractivity contribution in [2.24, 2.45) is 11.8 Å². The minimum atomic E-state index is -0.139. The molecule has 0 spiro atoms. The van der Waals surface area contributed by atoms with E-state index in [4.69, 9.17) is 0 Å². The van der Waals surface area contributed by atoms with E-state index in [9.17, 15) is 5.11 Å². The molecule has 0 fully saturated rings. The second kappa shape index (κ2) is 10.1. The van der Waals surface area contributed by atoms with Crippen LogP contribution in [0.15, 0.2) is 0 Å². The molecule has 0 radical (unpaired) electrons. The van der Waals surface area contributed by atoms with Crippen molar-refractivity contribution in [2.45, 2.75) is 85.2 Å². The molecule has 3 atom stereocenters. The summed E-state index contributed by atoms with van der Waals surface area (Å²) in [5.74, 6) is 1.34. The van der Waals surface area contributed by atoms with Crippen molar-refractivity contribution in [1.82, 2.24) is 0 Å². The van der Waals surface area contributed by atoms with Gasteiger partial charge in [-0.25, -0.2) is 0 Å². The van der Waals surface area contributed by atoms with Crippen molar-refractivity contribution in [3.8, 4) is 0 Å². The molecule has 0 heterocycles. The Bertz CT molecular complexity index is 142. The molecule has 1 unspecified atom stereocenters. The van der Waals surface area contributed by atoms with Crippen molar-refractivity contribution in [3.05, 3.63) is 0 Å². The SMILES string of the molecule is CCCCCCC(C)CCC[C@@H](C)[C@H](C)O. The smallest absolute Gasteiger partial charge is 0.0537 e. The van der Waals surface area contributed by atoms with Crippen LogP contribution in [0.3, 0.4) is 0 Å². The summed E-state index contributed by atoms with van der Waals surface area (Å²) >= 11 is 0. The summed E-state index contributed by atoms with van der Waals surface area (Å²) in [5, 5.41) is 9.39. The molecule has 1 N–H and O–H groups in total. The van der Waals surface area contributed by atoms with Gasteiger partial charge in [-0.3, -0.25) is 0 Å². The fraction of sp³-hybridized carbons (Fsp3) is 1.00. The lowest BCUT2D eigenvalue weighted by molar-refractivity contribution is 0.127. The topological polar surface area (TPSA) is 20.2 Å². The summed E-state index contributed by atoms with van der Waals surface area (Å²) in [7, 11) is 0. The van der Waals surface area contributed by atoms with Gasteiger partial charge in [-0.05, 0) is 25.2 Å². The standard InChI is InChI=1S/C15H32O/c1-5-6-7-8-10-13(2)11-9-12-14(3)15(4)16/h13-16H,5-12H2,1-4H3/t13?,14-,15+/m1/s1. The predicted octanol–water partition coefficient (Wildman–Crippen LogP) is 4.78. The highest BCUT2D eigenvalue weighted by atomic mass is 16.3. The second-order valence-electron chi connectivity index (χ2n) is 5.60. The number of aliphatic hydroxyl groups is 1. The van der Waals surface area contributed by atoms with Gasteiger partial charge in [0.15, 0.2) is 0 Å². The lowest BCUT2D eigenvalue weighted by Gasteiger charge is -2.16. The maximum atomic E-state index is 9.39. The molecule has 0 aliphatic rings. The van der Waals surface area contributed by atoms with Crippen molar-refractivity contribution in [3.63, 3.8) is 0 Å². The van der Waals surface area contributed by atoms with Gasteiger partial charge >= 0.3 is 0 Å². The van der Waals surface area contributed by atoms with E-state index in [2.05, 4.69) is 20.8 Å². The first-order valence-corrected chi connectivity index (χ1v) is 7.26. The maximum Gasteiger partial charge on any atom is 0.0537 e. The van der Waals surface area contributed by atoms with Crippen LogP contribution < -0.4 is 0 Å². The Morgan fingerprint density at radius 3 is 2.00 bits per heavy atom. The van der Waals surface area contributed by atoms with Crippen molar-refractivity contribution >= 4 is 0 Å². The third kappa shape index (κ3) is 9.21. The van der Waals surface area contributed by atoms with Gasteiger partial charge in [-0.1, -0.05) is 65.7 Å². The van der Waals surface area contributed by atoms with E-state index in [1.165, 1.54) is 51.4 Å². The highest BCUT2D eigenvalue weighted by molar-refractivity contribution is 4.61. The summed E-state index contributed by atoms with van der Waals surface area (Å²) in [6.07, 6.45) is 10.6. The maximum absolute atomic E-state index is 9.39. The lowest BCUT2D eigenvalue weighted by Crippen LogP contribution is -2.13. The van der Waals surface area contributed by atoms with E-state index in [1.807, 2.05) is 6.92 Å². The third-order valence-corrected chi connectivity index (χ3v) is 3.73. The average Bonchev–Trinajstić information content (AvgIpc) is 2.24. The Kier molecular flexibility index (Phi) is 10.1. The van der Waals surface area contributed by atoms with Crippen molar-refractivity contribution < 1.29 is 5.11 Å². The van der Waals surface area contributed by atoms with Crippen molar-refractivity contribution in [1.29, 1.82) is 0 Å². The van der Waals surface area contributed by atoms with Gasteiger partial charge in [0.05, 0.1) is 6.10 Å². The van der Waals surface area contributed by atoms with E-state index in [0.29, 0.717) is 5.92 Å². The number of aliphatic hydroxyl groups excluding tert-OH is 1. The van der Waals surface area contributed by atoms with Gasteiger partial charge in [0.1, 0.15) is 0 Å². The van der Waals surface area contributed by atoms with Crippen LogP contribution in [0.2, 0.25) is 0 Å². The molecule has 0 bridgehead atoms. The molecule has 0 aromatic rings. The highest BCUT2D eigenvalue weighted by Gasteiger charge is 2.09. The number of hydrogen-bond acceptors (Lipinski definition) is 1. The fourth-order valence-corrected chi connectivity index (χ4v) is 2.09. The summed E-state index contributed by atoms with van der Waals surface area (Å²) in [6, 6.07) is 0. The molecule has 0 aromatic carbocycles. The van der Waals surface area contributed by atoms with Crippen LogP contribution in [0.25, 0.3) is 0 Å². The Morgan fingerprint density at radius 2 is 1.44 bits per heavy atom. The van der Waals surface area contributed by atoms with E-state index in [1.54, 1.807) is 0 Å². The van der Waals surface area contributed by atoms with Gasteiger partial charge in [-0.15, -0.1) is 0 Å². The van der Waals surface area contributed by atoms with Crippen LogP contribution in [-0.4, -0.2) is 11.2 Å². The first-order valence-electron chi connectivity index (χ1n) is 7.26. The van der Waals surface area contributed by atoms with Crippen molar-refractivity contribution in [2.75, 3.05) is 0 Å². The molecule has 1 heteroatoms. The summed E-state index contributed by atoms with van der Waals surface area (Å²) in [5.41, 5.74) is 0. The molecule has 0 aliphatic heterocycles. The molecule has 98 valence electrons. The second-order valence-corrected chi connectivity index (χ2v) is 5.60. The average molecular weight is 228 g/mol. The third-order valence-electron chi connectivity index (χ3n) is 3.73. The number of unbranched alkanes of at least 4 members (excludes halogenated alkanes) is 3. The molecule has 0 aromatic heterocycles. The van der Waals surface area contributed by atoms with Crippen LogP contribution in [0.4, 0.5) is 0 Å². The van der Waals surface area contributed by atoms with Gasteiger partial charge in [-0.2, -0.15) is 0 Å². The molecule has 0 rings (SSSR count). The first-order chi connectivity index (χ1) is 7.57. The molecule has 1 nitrogen and oxygen atoms in total. The van der Waals surface area contributed by atoms with Crippen LogP contribution >= 0.6 is 0 Å². The zero-order chi connectivity index (χ0) is 12.4. The van der Waals surface area contributed by atoms with Gasteiger partial charge in [0.2, 0.25) is 0 Å². The minimum Gasteiger partial charge on any atom is -0.393 e. The van der Waals surface area contributed by atoms with Gasteiger partial charge in [0.25, 0.3) is 0 Å². The monoisotopic (exact) mass is 228 g/mol. The zero-order valence-corrected chi connectivity index (χ0v) is 11.8. The highest BCUT2D eigenvalue weighted by Crippen LogP contribution is 2.19. The molecular formula is C15H32O. The van der Waals surface area contributed by atoms with Gasteiger partial charge < -0.3 is 5.11 Å². The Hall–Kier alpha value is -0.0400. The molecule has 0 saturated carbocycles. The molecule has 16 heavy (non-hydrogen) atoms. The zero-order valence-electron chi connectivity index (χ0n) is 11.8. The van der Waals surface area contributed by atoms with Crippen LogP contribution in [0.5, 0.6) is 0 Å². The van der Waals surface area contributed by atoms with E-state index in [0.717, 1.165) is 5.92 Å². The Balaban J connectivity index is 3.33. The Labute approximate surface area is 103 Å². The Morgan fingerprint density at radius 1 is 0.812 bits per heavy atom. The lowest BCUT2D eigenvalue weighted by atomic mass is 9.93. The molecule has 0 saturated heterocycles. The van der Waals surface area contributed by atoms with Gasteiger partial charge in [0, 0.05) is 0 Å². The van der Waals surface area contributed by atoms with E-state index >= 15 is 0 Å². The van der Waals surface area contributed by atoms with E-state index < -0.39 is 0 Å². The minimum absolute atomic E-state index is 0.139. The quantitative estimate of drug-likeness (QED) is 0.533. The number of rotatable bonds is 10. The van der Waals surface area contributed by atoms with Crippen LogP contribution in [0, 0.1) is 11.8 Å². The summed E-state index contributed by atoms with van der Waals surface area (Å²) in [4.78, 5) is 0. The molecular weight excluding hydrogens is 196 g/mol. The summed E-state index contributed by atoms with van der Waals surface area (Å²) < 4.78 is 0. The molecule has 0 aliphatic carbocycles. The largest absolute Gasteiger partial charge is 0.393 e. The first kappa shape index (κ1) is 16.0. The fourth-order valence-electron chi connectivity index (χ4n) is 2.09. The summed E-state index contributed by atoms with van der Waals surface area (Å²) in [6.45, 7) is 8.69. The van der Waals surface area contributed by atoms with Crippen LogP contribution in [0.1, 0.15) is 79.1 Å². The molecule has 0 amide bonds. The van der Waals surface area contributed by atoms with E-state index in [-0.39, 0.29) is 6.10 Å². The predicted molar refractivity (Wildman–Crippen MR) is 72.6 cm³/mol. The normalized spacial score (nSPS) is 17.1. The van der Waals surface area contributed by atoms with Crippen LogP contribution in [-0.2, 0) is 0 Å². The number of hydrogen-bond donors (Lipinski definition) is 1.